The number of aryl methyl sites for hydroxylation is 1. The highest BCUT2D eigenvalue weighted by molar-refractivity contribution is 5.92. The second kappa shape index (κ2) is 4.34. The average Bonchev–Trinajstić information content (AvgIpc) is 2.71. The van der Waals surface area contributed by atoms with Gasteiger partial charge in [-0.2, -0.15) is 5.10 Å². The fourth-order valence-electron chi connectivity index (χ4n) is 1.54. The summed E-state index contributed by atoms with van der Waals surface area (Å²) in [5.41, 5.74) is 3.71. The Morgan fingerprint density at radius 2 is 2.06 bits per heavy atom. The van der Waals surface area contributed by atoms with E-state index in [0.717, 1.165) is 5.56 Å². The van der Waals surface area contributed by atoms with Crippen molar-refractivity contribution in [1.82, 2.24) is 15.2 Å². The van der Waals surface area contributed by atoms with Gasteiger partial charge in [0.25, 0.3) is 5.91 Å². The molecule has 1 heterocycles. The Labute approximate surface area is 97.0 Å². The summed E-state index contributed by atoms with van der Waals surface area (Å²) in [5, 5.41) is 4.01. The zero-order valence-corrected chi connectivity index (χ0v) is 9.14. The van der Waals surface area contributed by atoms with Crippen LogP contribution in [0.2, 0.25) is 0 Å². The van der Waals surface area contributed by atoms with Crippen LogP contribution in [0.4, 0.5) is 4.39 Å². The summed E-state index contributed by atoms with van der Waals surface area (Å²) >= 11 is 0. The quantitative estimate of drug-likeness (QED) is 0.459. The van der Waals surface area contributed by atoms with Gasteiger partial charge in [0, 0.05) is 7.05 Å². The number of hydrazine groups is 1. The van der Waals surface area contributed by atoms with Gasteiger partial charge >= 0.3 is 0 Å². The maximum Gasteiger partial charge on any atom is 0.285 e. The minimum atomic E-state index is -0.464. The molecule has 5 nitrogen and oxygen atoms in total. The van der Waals surface area contributed by atoms with Gasteiger partial charge in [-0.15, -0.1) is 0 Å². The van der Waals surface area contributed by atoms with Crippen LogP contribution < -0.4 is 11.3 Å². The molecule has 2 aromatic rings. The summed E-state index contributed by atoms with van der Waals surface area (Å²) in [5.74, 6) is 4.25. The van der Waals surface area contributed by atoms with Crippen molar-refractivity contribution in [3.05, 3.63) is 41.8 Å². The third-order valence-electron chi connectivity index (χ3n) is 2.38. The molecule has 1 aromatic heterocycles. The van der Waals surface area contributed by atoms with Gasteiger partial charge in [-0.3, -0.25) is 14.9 Å². The molecule has 6 heteroatoms. The molecule has 0 saturated carbocycles. The molecule has 0 saturated heterocycles. The predicted octanol–water partition coefficient (Wildman–Crippen LogP) is 0.830. The number of carbonyl (C=O) groups excluding carboxylic acids is 1. The number of nitrogen functional groups attached to an aromatic ring is 1. The van der Waals surface area contributed by atoms with Crippen LogP contribution in [0.5, 0.6) is 0 Å². The first-order chi connectivity index (χ1) is 8.11. The largest absolute Gasteiger partial charge is 0.289 e. The van der Waals surface area contributed by atoms with Crippen molar-refractivity contribution in [3.8, 4) is 11.3 Å². The maximum absolute atomic E-state index is 12.8. The van der Waals surface area contributed by atoms with E-state index in [2.05, 4.69) is 5.10 Å². The topological polar surface area (TPSA) is 72.9 Å². The molecule has 1 amide bonds. The fourth-order valence-corrected chi connectivity index (χ4v) is 1.54. The molecule has 0 unspecified atom stereocenters. The van der Waals surface area contributed by atoms with Gasteiger partial charge in [0.05, 0.1) is 5.69 Å². The Morgan fingerprint density at radius 1 is 1.41 bits per heavy atom. The van der Waals surface area contributed by atoms with Crippen LogP contribution in [-0.2, 0) is 7.05 Å². The van der Waals surface area contributed by atoms with Crippen molar-refractivity contribution >= 4 is 5.91 Å². The number of hydrogen-bond donors (Lipinski definition) is 2. The van der Waals surface area contributed by atoms with Crippen molar-refractivity contribution in [1.29, 1.82) is 0 Å². The van der Waals surface area contributed by atoms with Crippen LogP contribution in [-0.4, -0.2) is 15.7 Å². The van der Waals surface area contributed by atoms with Gasteiger partial charge < -0.3 is 0 Å². The lowest BCUT2D eigenvalue weighted by atomic mass is 10.1. The van der Waals surface area contributed by atoms with Crippen LogP contribution in [0.3, 0.4) is 0 Å². The smallest absolute Gasteiger partial charge is 0.285 e. The summed E-state index contributed by atoms with van der Waals surface area (Å²) in [4.78, 5) is 11.3. The first kappa shape index (κ1) is 11.3. The van der Waals surface area contributed by atoms with Crippen molar-refractivity contribution in [2.45, 2.75) is 0 Å². The molecule has 0 aliphatic heterocycles. The minimum Gasteiger partial charge on any atom is -0.289 e. The Hall–Kier alpha value is -2.21. The number of hydrogen-bond acceptors (Lipinski definition) is 3. The lowest BCUT2D eigenvalue weighted by molar-refractivity contribution is 0.0948. The predicted molar refractivity (Wildman–Crippen MR) is 60.3 cm³/mol. The van der Waals surface area contributed by atoms with Crippen molar-refractivity contribution in [2.75, 3.05) is 0 Å². The molecular weight excluding hydrogens is 223 g/mol. The highest BCUT2D eigenvalue weighted by Gasteiger charge is 2.12. The third kappa shape index (κ3) is 2.16. The second-order valence-electron chi connectivity index (χ2n) is 3.52. The Bertz CT molecular complexity index is 547. The van der Waals surface area contributed by atoms with E-state index < -0.39 is 5.91 Å². The van der Waals surface area contributed by atoms with Crippen molar-refractivity contribution in [3.63, 3.8) is 0 Å². The molecular formula is C11H11FN4O. The zero-order chi connectivity index (χ0) is 12.4. The van der Waals surface area contributed by atoms with E-state index in [1.165, 1.54) is 16.8 Å². The molecule has 0 aliphatic carbocycles. The number of amides is 1. The Kier molecular flexibility index (Phi) is 2.88. The van der Waals surface area contributed by atoms with Crippen molar-refractivity contribution < 1.29 is 9.18 Å². The molecule has 3 N–H and O–H groups in total. The average molecular weight is 234 g/mol. The highest BCUT2D eigenvalue weighted by atomic mass is 19.1. The molecule has 0 aliphatic rings. The Morgan fingerprint density at radius 3 is 2.65 bits per heavy atom. The molecule has 1 aromatic carbocycles. The number of benzene rings is 1. The lowest BCUT2D eigenvalue weighted by Gasteiger charge is -2.00. The van der Waals surface area contributed by atoms with Crippen molar-refractivity contribution in [2.24, 2.45) is 12.9 Å². The molecule has 17 heavy (non-hydrogen) atoms. The standard InChI is InChI=1S/C11H11FN4O/c1-16-10(6-9(15-16)11(17)14-13)7-2-4-8(12)5-3-7/h2-6H,13H2,1H3,(H,14,17). The van der Waals surface area contributed by atoms with E-state index in [1.54, 1.807) is 25.2 Å². The number of aromatic nitrogens is 2. The molecule has 0 bridgehead atoms. The summed E-state index contributed by atoms with van der Waals surface area (Å²) in [6, 6.07) is 7.54. The summed E-state index contributed by atoms with van der Waals surface area (Å²) in [6.45, 7) is 0. The van der Waals surface area contributed by atoms with E-state index in [4.69, 9.17) is 5.84 Å². The van der Waals surface area contributed by atoms with Gasteiger partial charge in [-0.05, 0) is 35.9 Å². The number of nitrogens with two attached hydrogens (primary N) is 1. The fraction of sp³-hybridized carbons (Fsp3) is 0.0909. The normalized spacial score (nSPS) is 10.3. The van der Waals surface area contributed by atoms with Gasteiger partial charge in [-0.25, -0.2) is 10.2 Å². The number of carbonyl (C=O) groups is 1. The Balaban J connectivity index is 2.42. The van der Waals surface area contributed by atoms with Gasteiger partial charge in [0.15, 0.2) is 5.69 Å². The number of nitrogens with zero attached hydrogens (tertiary/aromatic N) is 2. The molecule has 0 fully saturated rings. The van der Waals surface area contributed by atoms with E-state index in [9.17, 15) is 9.18 Å². The third-order valence-corrected chi connectivity index (χ3v) is 2.38. The van der Waals surface area contributed by atoms with Gasteiger partial charge in [0.2, 0.25) is 0 Å². The molecule has 2 rings (SSSR count). The first-order valence-corrected chi connectivity index (χ1v) is 4.92. The highest BCUT2D eigenvalue weighted by Crippen LogP contribution is 2.20. The van der Waals surface area contributed by atoms with Crippen LogP contribution in [0.25, 0.3) is 11.3 Å². The number of halogens is 1. The molecule has 0 radical (unpaired) electrons. The summed E-state index contributed by atoms with van der Waals surface area (Å²) < 4.78 is 14.3. The van der Waals surface area contributed by atoms with Crippen LogP contribution in [0.1, 0.15) is 10.5 Å². The van der Waals surface area contributed by atoms with E-state index in [-0.39, 0.29) is 11.5 Å². The maximum atomic E-state index is 12.8. The molecule has 0 spiro atoms. The lowest BCUT2D eigenvalue weighted by Crippen LogP contribution is -2.30. The summed E-state index contributed by atoms with van der Waals surface area (Å²) in [7, 11) is 1.70. The van der Waals surface area contributed by atoms with E-state index in [1.807, 2.05) is 5.43 Å². The monoisotopic (exact) mass is 234 g/mol. The summed E-state index contributed by atoms with van der Waals surface area (Å²) in [6.07, 6.45) is 0. The number of rotatable bonds is 2. The van der Waals surface area contributed by atoms with Gasteiger partial charge in [0.1, 0.15) is 5.82 Å². The van der Waals surface area contributed by atoms with Gasteiger partial charge in [-0.1, -0.05) is 0 Å². The first-order valence-electron chi connectivity index (χ1n) is 4.92. The molecule has 88 valence electrons. The van der Waals surface area contributed by atoms with E-state index >= 15 is 0 Å². The zero-order valence-electron chi connectivity index (χ0n) is 9.14. The van der Waals surface area contributed by atoms with Crippen LogP contribution in [0.15, 0.2) is 30.3 Å². The molecule has 0 atom stereocenters. The second-order valence-corrected chi connectivity index (χ2v) is 3.52. The van der Waals surface area contributed by atoms with E-state index in [0.29, 0.717) is 5.69 Å². The van der Waals surface area contributed by atoms with Crippen LogP contribution in [0, 0.1) is 5.82 Å². The SMILES string of the molecule is Cn1nc(C(=O)NN)cc1-c1ccc(F)cc1. The number of nitrogens with one attached hydrogen (secondary N) is 1. The van der Waals surface area contributed by atoms with Crippen LogP contribution >= 0.6 is 0 Å². The minimum absolute atomic E-state index is 0.217.